The molecule has 0 aliphatic rings. The maximum Gasteiger partial charge on any atom is 0.472 e. The van der Waals surface area contributed by atoms with Gasteiger partial charge in [-0.1, -0.05) is 407 Å². The van der Waals surface area contributed by atoms with E-state index < -0.39 is 97.5 Å². The van der Waals surface area contributed by atoms with Crippen molar-refractivity contribution in [1.29, 1.82) is 0 Å². The summed E-state index contributed by atoms with van der Waals surface area (Å²) in [5, 5.41) is 10.6. The van der Waals surface area contributed by atoms with Crippen LogP contribution in [0.15, 0.2) is 0 Å². The molecule has 0 aromatic carbocycles. The predicted octanol–water partition coefficient (Wildman–Crippen LogP) is 26.0. The van der Waals surface area contributed by atoms with Gasteiger partial charge in [-0.05, 0) is 31.6 Å². The number of unbranched alkanes of at least 4 members (excludes halogenated alkanes) is 57. The first-order chi connectivity index (χ1) is 50.5. The lowest BCUT2D eigenvalue weighted by molar-refractivity contribution is -0.161. The Kier molecular flexibility index (Phi) is 76.3. The van der Waals surface area contributed by atoms with Gasteiger partial charge in [-0.25, -0.2) is 9.13 Å². The van der Waals surface area contributed by atoms with E-state index >= 15 is 0 Å². The summed E-state index contributed by atoms with van der Waals surface area (Å²) in [6.45, 7) is 7.28. The zero-order chi connectivity index (χ0) is 76.2. The number of phosphoric ester groups is 2. The summed E-state index contributed by atoms with van der Waals surface area (Å²) in [5.74, 6) is -1.36. The summed E-state index contributed by atoms with van der Waals surface area (Å²) in [6.07, 6.45) is 71.3. The van der Waals surface area contributed by atoms with Crippen LogP contribution in [-0.4, -0.2) is 96.7 Å². The molecule has 0 radical (unpaired) electrons. The summed E-state index contributed by atoms with van der Waals surface area (Å²) in [4.78, 5) is 73.0. The van der Waals surface area contributed by atoms with Crippen molar-refractivity contribution in [2.24, 2.45) is 5.92 Å². The second-order valence-electron chi connectivity index (χ2n) is 31.1. The third-order valence-corrected chi connectivity index (χ3v) is 21.9. The molecular weight excluding hydrogens is 1350 g/mol. The number of aliphatic hydroxyl groups is 1. The molecule has 0 saturated carbocycles. The highest BCUT2D eigenvalue weighted by atomic mass is 31.2. The highest BCUT2D eigenvalue weighted by molar-refractivity contribution is 7.47. The second kappa shape index (κ2) is 77.8. The molecule has 17 nitrogen and oxygen atoms in total. The summed E-state index contributed by atoms with van der Waals surface area (Å²) >= 11 is 0. The molecule has 3 N–H and O–H groups in total. The quantitative estimate of drug-likeness (QED) is 0.0222. The van der Waals surface area contributed by atoms with Crippen molar-refractivity contribution in [2.45, 2.75) is 477 Å². The largest absolute Gasteiger partial charge is 0.472 e. The number of phosphoric acid groups is 2. The highest BCUT2D eigenvalue weighted by Crippen LogP contribution is 2.45. The van der Waals surface area contributed by atoms with Crippen LogP contribution in [0.1, 0.15) is 458 Å². The molecule has 0 heterocycles. The normalized spacial score (nSPS) is 13.8. The lowest BCUT2D eigenvalue weighted by Crippen LogP contribution is -2.30. The number of hydrogen-bond donors (Lipinski definition) is 3. The Labute approximate surface area is 638 Å². The zero-order valence-electron chi connectivity index (χ0n) is 68.2. The van der Waals surface area contributed by atoms with Gasteiger partial charge >= 0.3 is 39.5 Å². The molecule has 0 rings (SSSR count). The van der Waals surface area contributed by atoms with Crippen molar-refractivity contribution < 1.29 is 80.2 Å². The van der Waals surface area contributed by atoms with Crippen molar-refractivity contribution in [2.75, 3.05) is 39.6 Å². The first kappa shape index (κ1) is 102. The molecule has 19 heteroatoms. The highest BCUT2D eigenvalue weighted by Gasteiger charge is 2.30. The van der Waals surface area contributed by atoms with E-state index in [0.717, 1.165) is 109 Å². The van der Waals surface area contributed by atoms with Crippen LogP contribution in [0.25, 0.3) is 0 Å². The number of ether oxygens (including phenoxy) is 4. The fraction of sp³-hybridized carbons (Fsp3) is 0.953. The first-order valence-corrected chi connectivity index (χ1v) is 47.1. The van der Waals surface area contributed by atoms with Crippen LogP contribution in [-0.2, 0) is 65.4 Å². The van der Waals surface area contributed by atoms with Gasteiger partial charge in [0.15, 0.2) is 12.2 Å². The Bertz CT molecular complexity index is 1980. The van der Waals surface area contributed by atoms with Crippen molar-refractivity contribution in [3.63, 3.8) is 0 Å². The number of carbonyl (C=O) groups is 4. The Morgan fingerprint density at radius 1 is 0.260 bits per heavy atom. The van der Waals surface area contributed by atoms with E-state index in [2.05, 4.69) is 34.6 Å². The van der Waals surface area contributed by atoms with Crippen LogP contribution in [0.5, 0.6) is 0 Å². The molecule has 0 amide bonds. The van der Waals surface area contributed by atoms with Gasteiger partial charge in [0, 0.05) is 25.7 Å². The minimum Gasteiger partial charge on any atom is -0.462 e. The fourth-order valence-corrected chi connectivity index (χ4v) is 14.9. The molecule has 0 fully saturated rings. The molecule has 0 bridgehead atoms. The number of esters is 4. The summed E-state index contributed by atoms with van der Waals surface area (Å²) < 4.78 is 68.7. The fourth-order valence-electron chi connectivity index (χ4n) is 13.3. The minimum atomic E-state index is -4.96. The van der Waals surface area contributed by atoms with E-state index in [1.165, 1.54) is 270 Å². The number of aliphatic hydroxyl groups excluding tert-OH is 1. The van der Waals surface area contributed by atoms with Gasteiger partial charge in [0.2, 0.25) is 0 Å². The summed E-state index contributed by atoms with van der Waals surface area (Å²) in [7, 11) is -9.92. The lowest BCUT2D eigenvalue weighted by Gasteiger charge is -2.21. The van der Waals surface area contributed by atoms with Crippen LogP contribution in [0.3, 0.4) is 0 Å². The maximum atomic E-state index is 13.1. The van der Waals surface area contributed by atoms with E-state index in [1.807, 2.05) is 0 Å². The van der Waals surface area contributed by atoms with Crippen LogP contribution in [0.2, 0.25) is 0 Å². The van der Waals surface area contributed by atoms with Crippen LogP contribution < -0.4 is 0 Å². The lowest BCUT2D eigenvalue weighted by atomic mass is 10.0. The molecule has 104 heavy (non-hydrogen) atoms. The number of rotatable bonds is 85. The van der Waals surface area contributed by atoms with E-state index in [4.69, 9.17) is 37.0 Å². The molecule has 0 aliphatic carbocycles. The van der Waals surface area contributed by atoms with Gasteiger partial charge in [-0.3, -0.25) is 37.3 Å². The Morgan fingerprint density at radius 2 is 0.442 bits per heavy atom. The summed E-state index contributed by atoms with van der Waals surface area (Å²) in [6, 6.07) is 0. The topological polar surface area (TPSA) is 237 Å². The van der Waals surface area contributed by atoms with E-state index in [1.54, 1.807) is 0 Å². The molecule has 5 atom stereocenters. The van der Waals surface area contributed by atoms with Crippen LogP contribution in [0, 0.1) is 5.92 Å². The van der Waals surface area contributed by atoms with Crippen LogP contribution >= 0.6 is 15.6 Å². The monoisotopic (exact) mass is 1520 g/mol. The Balaban J connectivity index is 5.13. The van der Waals surface area contributed by atoms with Gasteiger partial charge in [0.1, 0.15) is 19.3 Å². The summed E-state index contributed by atoms with van der Waals surface area (Å²) in [5.41, 5.74) is 0. The molecular formula is C85H166O17P2. The molecule has 618 valence electrons. The molecule has 2 unspecified atom stereocenters. The average Bonchev–Trinajstić information content (AvgIpc) is 0.948. The van der Waals surface area contributed by atoms with Crippen molar-refractivity contribution in [1.82, 2.24) is 0 Å². The van der Waals surface area contributed by atoms with Gasteiger partial charge in [0.25, 0.3) is 0 Å². The number of carbonyl (C=O) groups excluding carboxylic acids is 4. The van der Waals surface area contributed by atoms with E-state index in [0.29, 0.717) is 25.7 Å². The van der Waals surface area contributed by atoms with Crippen molar-refractivity contribution in [3.05, 3.63) is 0 Å². The standard InChI is InChI=1S/C85H166O17P2/c1-6-9-12-15-18-20-22-24-26-28-30-32-34-36-38-40-42-44-49-54-59-64-69-83(88)96-75-81(102-84(89)70-65-60-55-50-45-43-41-39-37-35-33-31-29-27-25-23-21-19-16-13-10-7-2)77-100-104(93,94)98-73-79(86)72-97-103(91,92)99-76-80(74-95-82(87)68-63-58-52-17-14-11-8-3)101-85(90)71-66-61-56-51-47-46-48-53-57-62-67-78(4)5/h78-81,86H,6-77H2,1-5H3,(H,91,92)(H,93,94)/t79-,80+,81+/m0/s1. The molecule has 0 spiro atoms. The van der Waals surface area contributed by atoms with Crippen molar-refractivity contribution in [3.8, 4) is 0 Å². The number of hydrogen-bond acceptors (Lipinski definition) is 15. The zero-order valence-corrected chi connectivity index (χ0v) is 70.0. The SMILES string of the molecule is CCCCCCCCCCCCCCCCCCCCCCCCC(=O)OC[C@H](COP(=O)(O)OC[C@@H](O)COP(=O)(O)OC[C@@H](COC(=O)CCCCCCCCC)OC(=O)CCCCCCCCCCCCC(C)C)OC(=O)CCCCCCCCCCCCCCCCCCCCCCCC. The third-order valence-electron chi connectivity index (χ3n) is 20.0. The maximum absolute atomic E-state index is 13.1. The molecule has 0 aliphatic heterocycles. The van der Waals surface area contributed by atoms with Gasteiger partial charge in [0.05, 0.1) is 26.4 Å². The van der Waals surface area contributed by atoms with Gasteiger partial charge in [-0.2, -0.15) is 0 Å². The predicted molar refractivity (Wildman–Crippen MR) is 428 cm³/mol. The average molecular weight is 1520 g/mol. The Hall–Kier alpha value is -1.94. The molecule has 0 aromatic heterocycles. The second-order valence-corrected chi connectivity index (χ2v) is 34.0. The van der Waals surface area contributed by atoms with Gasteiger partial charge in [-0.15, -0.1) is 0 Å². The van der Waals surface area contributed by atoms with Gasteiger partial charge < -0.3 is 33.8 Å². The first-order valence-electron chi connectivity index (χ1n) is 44.1. The third kappa shape index (κ3) is 78.2. The minimum absolute atomic E-state index is 0.106. The smallest absolute Gasteiger partial charge is 0.462 e. The van der Waals surface area contributed by atoms with Crippen molar-refractivity contribution >= 4 is 39.5 Å². The Morgan fingerprint density at radius 3 is 0.654 bits per heavy atom. The van der Waals surface area contributed by atoms with E-state index in [-0.39, 0.29) is 25.7 Å². The van der Waals surface area contributed by atoms with Crippen LogP contribution in [0.4, 0.5) is 0 Å². The van der Waals surface area contributed by atoms with E-state index in [9.17, 15) is 43.2 Å². The molecule has 0 saturated heterocycles. The molecule has 0 aromatic rings.